The lowest BCUT2D eigenvalue weighted by molar-refractivity contribution is -0.130. The normalized spacial score (nSPS) is 13.4. The van der Waals surface area contributed by atoms with Gasteiger partial charge in [-0.3, -0.25) is 9.59 Å². The number of hydrogen-bond donors (Lipinski definition) is 2. The molecule has 2 amide bonds. The SMILES string of the molecule is COCCOCC(=O)N[C@H](C[C@H](C)C#N)C(N)=O. The molecule has 0 fully saturated rings. The van der Waals surface area contributed by atoms with Gasteiger partial charge < -0.3 is 20.5 Å². The Labute approximate surface area is 106 Å². The van der Waals surface area contributed by atoms with Gasteiger partial charge in [0.1, 0.15) is 12.6 Å². The zero-order valence-corrected chi connectivity index (χ0v) is 10.6. The van der Waals surface area contributed by atoms with Crippen molar-refractivity contribution >= 4 is 11.8 Å². The van der Waals surface area contributed by atoms with E-state index in [1.54, 1.807) is 6.92 Å². The Bertz CT molecular complexity index is 314. The number of ether oxygens (including phenoxy) is 2. The largest absolute Gasteiger partial charge is 0.382 e. The Balaban J connectivity index is 4.05. The molecular formula is C11H19N3O4. The van der Waals surface area contributed by atoms with Gasteiger partial charge in [-0.05, 0) is 13.3 Å². The van der Waals surface area contributed by atoms with Crippen LogP contribution in [0, 0.1) is 17.2 Å². The van der Waals surface area contributed by atoms with Gasteiger partial charge in [-0.1, -0.05) is 0 Å². The maximum Gasteiger partial charge on any atom is 0.246 e. The highest BCUT2D eigenvalue weighted by atomic mass is 16.5. The van der Waals surface area contributed by atoms with Crippen LogP contribution in [0.3, 0.4) is 0 Å². The highest BCUT2D eigenvalue weighted by Gasteiger charge is 2.20. The van der Waals surface area contributed by atoms with E-state index in [-0.39, 0.29) is 18.9 Å². The van der Waals surface area contributed by atoms with Crippen LogP contribution in [-0.4, -0.2) is 44.8 Å². The molecule has 7 nitrogen and oxygen atoms in total. The van der Waals surface area contributed by atoms with E-state index in [0.717, 1.165) is 0 Å². The molecule has 0 heterocycles. The van der Waals surface area contributed by atoms with Crippen molar-refractivity contribution < 1.29 is 19.1 Å². The molecule has 102 valence electrons. The fraction of sp³-hybridized carbons (Fsp3) is 0.727. The fourth-order valence-electron chi connectivity index (χ4n) is 1.20. The number of amides is 2. The maximum atomic E-state index is 11.4. The van der Waals surface area contributed by atoms with Crippen LogP contribution < -0.4 is 11.1 Å². The van der Waals surface area contributed by atoms with Crippen molar-refractivity contribution in [2.75, 3.05) is 26.9 Å². The van der Waals surface area contributed by atoms with Crippen LogP contribution in [0.2, 0.25) is 0 Å². The molecule has 0 radical (unpaired) electrons. The first-order valence-corrected chi connectivity index (χ1v) is 5.56. The highest BCUT2D eigenvalue weighted by molar-refractivity contribution is 5.87. The van der Waals surface area contributed by atoms with Gasteiger partial charge in [-0.2, -0.15) is 5.26 Å². The van der Waals surface area contributed by atoms with Gasteiger partial charge in [0.15, 0.2) is 0 Å². The van der Waals surface area contributed by atoms with Crippen LogP contribution in [0.1, 0.15) is 13.3 Å². The number of methoxy groups -OCH3 is 1. The van der Waals surface area contributed by atoms with Gasteiger partial charge in [-0.25, -0.2) is 0 Å². The molecule has 0 spiro atoms. The van der Waals surface area contributed by atoms with Gasteiger partial charge in [0.25, 0.3) is 0 Å². The molecule has 0 saturated heterocycles. The summed E-state index contributed by atoms with van der Waals surface area (Å²) in [6, 6.07) is 1.13. The monoisotopic (exact) mass is 257 g/mol. The number of nitriles is 1. The van der Waals surface area contributed by atoms with Crippen molar-refractivity contribution in [2.24, 2.45) is 11.7 Å². The van der Waals surface area contributed by atoms with E-state index in [2.05, 4.69) is 5.32 Å². The van der Waals surface area contributed by atoms with Crippen LogP contribution in [0.5, 0.6) is 0 Å². The van der Waals surface area contributed by atoms with E-state index in [1.807, 2.05) is 6.07 Å². The summed E-state index contributed by atoms with van der Waals surface area (Å²) in [6.45, 7) is 2.16. The van der Waals surface area contributed by atoms with Crippen molar-refractivity contribution in [1.82, 2.24) is 5.32 Å². The Hall–Kier alpha value is -1.65. The van der Waals surface area contributed by atoms with Gasteiger partial charge in [0.2, 0.25) is 11.8 Å². The Morgan fingerprint density at radius 2 is 2.11 bits per heavy atom. The van der Waals surface area contributed by atoms with Gasteiger partial charge in [0, 0.05) is 13.0 Å². The third-order valence-corrected chi connectivity index (χ3v) is 2.15. The lowest BCUT2D eigenvalue weighted by Gasteiger charge is -2.16. The first kappa shape index (κ1) is 16.4. The number of carbonyl (C=O) groups excluding carboxylic acids is 2. The second-order valence-corrected chi connectivity index (χ2v) is 3.83. The van der Waals surface area contributed by atoms with Crippen LogP contribution in [0.15, 0.2) is 0 Å². The van der Waals surface area contributed by atoms with Crippen molar-refractivity contribution in [2.45, 2.75) is 19.4 Å². The first-order chi connectivity index (χ1) is 8.51. The smallest absolute Gasteiger partial charge is 0.246 e. The number of nitrogens with two attached hydrogens (primary N) is 1. The molecule has 0 aromatic heterocycles. The topological polar surface area (TPSA) is 114 Å². The molecule has 3 N–H and O–H groups in total. The second-order valence-electron chi connectivity index (χ2n) is 3.83. The Morgan fingerprint density at radius 1 is 1.44 bits per heavy atom. The third-order valence-electron chi connectivity index (χ3n) is 2.15. The summed E-state index contributed by atoms with van der Waals surface area (Å²) in [6.07, 6.45) is 0.190. The minimum atomic E-state index is -0.849. The first-order valence-electron chi connectivity index (χ1n) is 5.56. The molecule has 0 aromatic rings. The molecule has 18 heavy (non-hydrogen) atoms. The maximum absolute atomic E-state index is 11.4. The summed E-state index contributed by atoms with van der Waals surface area (Å²) in [4.78, 5) is 22.5. The quantitative estimate of drug-likeness (QED) is 0.523. The summed E-state index contributed by atoms with van der Waals surface area (Å²) in [5, 5.41) is 11.1. The van der Waals surface area contributed by atoms with Crippen molar-refractivity contribution in [1.29, 1.82) is 5.26 Å². The molecule has 0 aliphatic rings. The number of nitrogens with one attached hydrogen (secondary N) is 1. The zero-order chi connectivity index (χ0) is 14.0. The average Bonchev–Trinajstić information content (AvgIpc) is 2.33. The lowest BCUT2D eigenvalue weighted by atomic mass is 10.0. The van der Waals surface area contributed by atoms with Gasteiger partial charge in [-0.15, -0.1) is 0 Å². The Kier molecular flexibility index (Phi) is 8.53. The van der Waals surface area contributed by atoms with E-state index < -0.39 is 17.9 Å². The summed E-state index contributed by atoms with van der Waals surface area (Å²) in [7, 11) is 1.52. The van der Waals surface area contributed by atoms with E-state index in [4.69, 9.17) is 20.5 Å². The van der Waals surface area contributed by atoms with Crippen LogP contribution in [-0.2, 0) is 19.1 Å². The van der Waals surface area contributed by atoms with Crippen LogP contribution in [0.4, 0.5) is 0 Å². The summed E-state index contributed by atoms with van der Waals surface area (Å²) >= 11 is 0. The minimum absolute atomic E-state index is 0.173. The highest BCUT2D eigenvalue weighted by Crippen LogP contribution is 2.04. The molecule has 0 rings (SSSR count). The lowest BCUT2D eigenvalue weighted by Crippen LogP contribution is -2.46. The minimum Gasteiger partial charge on any atom is -0.382 e. The van der Waals surface area contributed by atoms with Crippen molar-refractivity contribution in [3.8, 4) is 6.07 Å². The summed E-state index contributed by atoms with van der Waals surface area (Å²) in [5.41, 5.74) is 5.14. The second kappa shape index (κ2) is 9.39. The molecule has 0 saturated carbocycles. The summed E-state index contributed by atoms with van der Waals surface area (Å²) < 4.78 is 9.74. The van der Waals surface area contributed by atoms with E-state index in [9.17, 15) is 9.59 Å². The van der Waals surface area contributed by atoms with Crippen molar-refractivity contribution in [3.63, 3.8) is 0 Å². The molecule has 0 unspecified atom stereocenters. The summed E-state index contributed by atoms with van der Waals surface area (Å²) in [5.74, 6) is -1.47. The van der Waals surface area contributed by atoms with Crippen molar-refractivity contribution in [3.05, 3.63) is 0 Å². The standard InChI is InChI=1S/C11H19N3O4/c1-8(6-12)5-9(11(13)16)14-10(15)7-18-4-3-17-2/h8-9H,3-5,7H2,1-2H3,(H2,13,16)(H,14,15)/t8-,9+/m0/s1. The number of carbonyl (C=O) groups is 2. The number of primary amides is 1. The molecular weight excluding hydrogens is 238 g/mol. The predicted molar refractivity (Wildman–Crippen MR) is 63.2 cm³/mol. The average molecular weight is 257 g/mol. The van der Waals surface area contributed by atoms with Crippen LogP contribution >= 0.6 is 0 Å². The van der Waals surface area contributed by atoms with Crippen LogP contribution in [0.25, 0.3) is 0 Å². The predicted octanol–water partition coefficient (Wildman–Crippen LogP) is -0.831. The zero-order valence-electron chi connectivity index (χ0n) is 10.6. The van der Waals surface area contributed by atoms with Gasteiger partial charge in [0.05, 0.1) is 19.3 Å². The van der Waals surface area contributed by atoms with E-state index in [1.165, 1.54) is 7.11 Å². The third kappa shape index (κ3) is 7.60. The molecule has 0 aliphatic heterocycles. The van der Waals surface area contributed by atoms with E-state index in [0.29, 0.717) is 13.2 Å². The number of nitrogens with zero attached hydrogens (tertiary/aromatic N) is 1. The molecule has 0 aromatic carbocycles. The molecule has 0 bridgehead atoms. The Morgan fingerprint density at radius 3 is 2.61 bits per heavy atom. The van der Waals surface area contributed by atoms with Gasteiger partial charge >= 0.3 is 0 Å². The number of hydrogen-bond acceptors (Lipinski definition) is 5. The molecule has 7 heteroatoms. The van der Waals surface area contributed by atoms with E-state index >= 15 is 0 Å². The molecule has 0 aliphatic carbocycles. The fourth-order valence-corrected chi connectivity index (χ4v) is 1.20. The molecule has 2 atom stereocenters. The number of rotatable bonds is 9.